The predicted molar refractivity (Wildman–Crippen MR) is 89.7 cm³/mol. The zero-order valence-corrected chi connectivity index (χ0v) is 13.3. The maximum atomic E-state index is 9.46. The van der Waals surface area contributed by atoms with Crippen LogP contribution in [0.5, 0.6) is 0 Å². The SMILES string of the molecule is OCc1cn[nH]c1C(OCc1ccccc1)OCc1ccccc1. The van der Waals surface area contributed by atoms with Gasteiger partial charge in [0, 0.05) is 5.56 Å². The largest absolute Gasteiger partial charge is 0.392 e. The Morgan fingerprint density at radius 1 is 0.875 bits per heavy atom. The number of aromatic amines is 1. The topological polar surface area (TPSA) is 67.4 Å². The molecule has 5 heteroatoms. The Balaban J connectivity index is 1.70. The summed E-state index contributed by atoms with van der Waals surface area (Å²) in [5.74, 6) is 0. The van der Waals surface area contributed by atoms with Gasteiger partial charge in [-0.05, 0) is 11.1 Å². The molecule has 5 nitrogen and oxygen atoms in total. The molecule has 0 amide bonds. The Bertz CT molecular complexity index is 685. The van der Waals surface area contributed by atoms with E-state index in [1.54, 1.807) is 6.20 Å². The monoisotopic (exact) mass is 324 g/mol. The minimum absolute atomic E-state index is 0.119. The minimum atomic E-state index is -0.630. The van der Waals surface area contributed by atoms with Crippen LogP contribution in [0.25, 0.3) is 0 Å². The van der Waals surface area contributed by atoms with Crippen LogP contribution in [-0.4, -0.2) is 15.3 Å². The second kappa shape index (κ2) is 8.40. The number of aliphatic hydroxyl groups excluding tert-OH is 1. The van der Waals surface area contributed by atoms with Gasteiger partial charge in [0.2, 0.25) is 6.29 Å². The average Bonchev–Trinajstić information content (AvgIpc) is 3.12. The summed E-state index contributed by atoms with van der Waals surface area (Å²) >= 11 is 0. The lowest BCUT2D eigenvalue weighted by molar-refractivity contribution is -0.164. The third-order valence-electron chi connectivity index (χ3n) is 3.65. The summed E-state index contributed by atoms with van der Waals surface area (Å²) in [6.45, 7) is 0.695. The van der Waals surface area contributed by atoms with Gasteiger partial charge in [-0.15, -0.1) is 0 Å². The molecule has 2 N–H and O–H groups in total. The van der Waals surface area contributed by atoms with Crippen LogP contribution in [0.4, 0.5) is 0 Å². The van der Waals surface area contributed by atoms with E-state index in [0.717, 1.165) is 11.1 Å². The lowest BCUT2D eigenvalue weighted by atomic mass is 10.2. The molecule has 1 heterocycles. The number of rotatable bonds is 8. The first-order valence-corrected chi connectivity index (χ1v) is 7.81. The van der Waals surface area contributed by atoms with Gasteiger partial charge in [-0.2, -0.15) is 5.10 Å². The number of H-pyrrole nitrogens is 1. The van der Waals surface area contributed by atoms with E-state index in [0.29, 0.717) is 24.5 Å². The molecule has 0 unspecified atom stereocenters. The Hall–Kier alpha value is -2.47. The van der Waals surface area contributed by atoms with Crippen LogP contribution in [0.1, 0.15) is 28.7 Å². The summed E-state index contributed by atoms with van der Waals surface area (Å²) in [7, 11) is 0. The van der Waals surface area contributed by atoms with E-state index in [9.17, 15) is 5.11 Å². The van der Waals surface area contributed by atoms with E-state index in [1.165, 1.54) is 0 Å². The van der Waals surface area contributed by atoms with Crippen molar-refractivity contribution in [3.63, 3.8) is 0 Å². The van der Waals surface area contributed by atoms with Gasteiger partial charge in [0.1, 0.15) is 0 Å². The number of hydrogen-bond donors (Lipinski definition) is 2. The zero-order valence-electron chi connectivity index (χ0n) is 13.3. The van der Waals surface area contributed by atoms with Gasteiger partial charge in [-0.25, -0.2) is 0 Å². The van der Waals surface area contributed by atoms with Gasteiger partial charge in [-0.1, -0.05) is 60.7 Å². The van der Waals surface area contributed by atoms with E-state index in [1.807, 2.05) is 60.7 Å². The highest BCUT2D eigenvalue weighted by molar-refractivity contribution is 5.18. The van der Waals surface area contributed by atoms with Crippen molar-refractivity contribution in [1.82, 2.24) is 10.2 Å². The van der Waals surface area contributed by atoms with E-state index < -0.39 is 6.29 Å². The summed E-state index contributed by atoms with van der Waals surface area (Å²) < 4.78 is 11.9. The molecule has 1 aromatic heterocycles. The Morgan fingerprint density at radius 2 is 1.42 bits per heavy atom. The first-order chi connectivity index (χ1) is 11.9. The number of benzene rings is 2. The first-order valence-electron chi connectivity index (χ1n) is 7.81. The minimum Gasteiger partial charge on any atom is -0.392 e. The molecule has 0 fully saturated rings. The highest BCUT2D eigenvalue weighted by Crippen LogP contribution is 2.23. The second-order valence-corrected chi connectivity index (χ2v) is 5.39. The van der Waals surface area contributed by atoms with Crippen LogP contribution < -0.4 is 0 Å². The van der Waals surface area contributed by atoms with Gasteiger partial charge in [0.15, 0.2) is 0 Å². The molecular formula is C19H20N2O3. The van der Waals surface area contributed by atoms with Crippen LogP contribution in [0.15, 0.2) is 66.9 Å². The molecule has 0 aliphatic carbocycles. The van der Waals surface area contributed by atoms with Gasteiger partial charge in [-0.3, -0.25) is 5.10 Å². The van der Waals surface area contributed by atoms with Gasteiger partial charge < -0.3 is 14.6 Å². The van der Waals surface area contributed by atoms with E-state index in [2.05, 4.69) is 10.2 Å². The summed E-state index contributed by atoms with van der Waals surface area (Å²) in [5, 5.41) is 16.3. The molecule has 0 saturated heterocycles. The molecule has 2 aromatic carbocycles. The third kappa shape index (κ3) is 4.29. The molecule has 0 bridgehead atoms. The molecule has 0 saturated carbocycles. The first kappa shape index (κ1) is 16.4. The number of nitrogens with one attached hydrogen (secondary N) is 1. The molecular weight excluding hydrogens is 304 g/mol. The van der Waals surface area contributed by atoms with E-state index >= 15 is 0 Å². The van der Waals surface area contributed by atoms with Gasteiger partial charge in [0.05, 0.1) is 31.7 Å². The number of hydrogen-bond acceptors (Lipinski definition) is 4. The standard InChI is InChI=1S/C19H20N2O3/c22-12-17-11-20-21-18(17)19(23-13-15-7-3-1-4-8-15)24-14-16-9-5-2-6-10-16/h1-11,19,22H,12-14H2,(H,20,21). The highest BCUT2D eigenvalue weighted by Gasteiger charge is 2.19. The van der Waals surface area contributed by atoms with Crippen LogP contribution in [-0.2, 0) is 29.3 Å². The maximum absolute atomic E-state index is 9.46. The molecule has 0 spiro atoms. The van der Waals surface area contributed by atoms with Gasteiger partial charge in [0.25, 0.3) is 0 Å². The van der Waals surface area contributed by atoms with Crippen LogP contribution in [0.3, 0.4) is 0 Å². The van der Waals surface area contributed by atoms with Crippen molar-refractivity contribution >= 4 is 0 Å². The van der Waals surface area contributed by atoms with E-state index in [-0.39, 0.29) is 6.61 Å². The van der Waals surface area contributed by atoms with Crippen LogP contribution in [0, 0.1) is 0 Å². The van der Waals surface area contributed by atoms with Crippen LogP contribution >= 0.6 is 0 Å². The smallest absolute Gasteiger partial charge is 0.201 e. The molecule has 0 aliphatic heterocycles. The number of aromatic nitrogens is 2. The number of aliphatic hydroxyl groups is 1. The quantitative estimate of drug-likeness (QED) is 0.624. The van der Waals surface area contributed by atoms with Crippen molar-refractivity contribution in [2.24, 2.45) is 0 Å². The highest BCUT2D eigenvalue weighted by atomic mass is 16.7. The number of ether oxygens (including phenoxy) is 2. The molecule has 0 radical (unpaired) electrons. The number of nitrogens with zero attached hydrogens (tertiary/aromatic N) is 1. The molecule has 0 aliphatic rings. The normalized spacial score (nSPS) is 11.1. The van der Waals surface area contributed by atoms with Crippen molar-refractivity contribution < 1.29 is 14.6 Å². The molecule has 124 valence electrons. The fourth-order valence-corrected chi connectivity index (χ4v) is 2.36. The summed E-state index contributed by atoms with van der Waals surface area (Å²) in [6.07, 6.45) is 0.954. The lowest BCUT2D eigenvalue weighted by Crippen LogP contribution is -2.12. The Kier molecular flexibility index (Phi) is 5.74. The Morgan fingerprint density at radius 3 is 1.92 bits per heavy atom. The van der Waals surface area contributed by atoms with Crippen LogP contribution in [0.2, 0.25) is 0 Å². The maximum Gasteiger partial charge on any atom is 0.201 e. The zero-order chi connectivity index (χ0) is 16.6. The second-order valence-electron chi connectivity index (χ2n) is 5.39. The lowest BCUT2D eigenvalue weighted by Gasteiger charge is -2.19. The van der Waals surface area contributed by atoms with Crippen molar-refractivity contribution in [1.29, 1.82) is 0 Å². The third-order valence-corrected chi connectivity index (χ3v) is 3.65. The molecule has 3 rings (SSSR count). The van der Waals surface area contributed by atoms with Crippen molar-refractivity contribution in [2.75, 3.05) is 0 Å². The van der Waals surface area contributed by atoms with E-state index in [4.69, 9.17) is 9.47 Å². The Labute approximate surface area is 140 Å². The average molecular weight is 324 g/mol. The fourth-order valence-electron chi connectivity index (χ4n) is 2.36. The molecule has 24 heavy (non-hydrogen) atoms. The van der Waals surface area contributed by atoms with Crippen molar-refractivity contribution in [2.45, 2.75) is 26.1 Å². The summed E-state index contributed by atoms with van der Waals surface area (Å²) in [6, 6.07) is 19.8. The summed E-state index contributed by atoms with van der Waals surface area (Å²) in [4.78, 5) is 0. The molecule has 0 atom stereocenters. The predicted octanol–water partition coefficient (Wildman–Crippen LogP) is 3.33. The van der Waals surface area contributed by atoms with Crippen molar-refractivity contribution in [3.8, 4) is 0 Å². The van der Waals surface area contributed by atoms with Crippen molar-refractivity contribution in [3.05, 3.63) is 89.2 Å². The van der Waals surface area contributed by atoms with Gasteiger partial charge >= 0.3 is 0 Å². The fraction of sp³-hybridized carbons (Fsp3) is 0.211. The molecule has 3 aromatic rings. The summed E-state index contributed by atoms with van der Waals surface area (Å²) in [5.41, 5.74) is 3.41.